The van der Waals surface area contributed by atoms with Gasteiger partial charge in [0, 0.05) is 30.2 Å². The van der Waals surface area contributed by atoms with Crippen molar-refractivity contribution in [3.05, 3.63) is 76.1 Å². The Balaban J connectivity index is 1.57. The van der Waals surface area contributed by atoms with Crippen molar-refractivity contribution in [3.63, 3.8) is 0 Å². The highest BCUT2D eigenvalue weighted by Crippen LogP contribution is 2.39. The minimum atomic E-state index is -0.0587. The van der Waals surface area contributed by atoms with Crippen LogP contribution in [-0.4, -0.2) is 32.2 Å². The number of hydrogen-bond donors (Lipinski definition) is 1. The molecule has 1 saturated heterocycles. The number of anilines is 1. The molecule has 1 fully saturated rings. The van der Waals surface area contributed by atoms with Crippen molar-refractivity contribution in [1.82, 2.24) is 5.32 Å². The van der Waals surface area contributed by atoms with E-state index in [1.54, 1.807) is 11.3 Å². The zero-order chi connectivity index (χ0) is 19.3. The van der Waals surface area contributed by atoms with E-state index in [4.69, 9.17) is 16.3 Å². The van der Waals surface area contributed by atoms with Gasteiger partial charge in [0.15, 0.2) is 0 Å². The molecule has 4 nitrogen and oxygen atoms in total. The quantitative estimate of drug-likeness (QED) is 0.652. The van der Waals surface area contributed by atoms with Crippen molar-refractivity contribution in [2.75, 3.05) is 31.2 Å². The fourth-order valence-electron chi connectivity index (χ4n) is 3.19. The van der Waals surface area contributed by atoms with E-state index in [2.05, 4.69) is 22.3 Å². The van der Waals surface area contributed by atoms with Gasteiger partial charge in [-0.2, -0.15) is 0 Å². The summed E-state index contributed by atoms with van der Waals surface area (Å²) < 4.78 is 5.49. The van der Waals surface area contributed by atoms with Gasteiger partial charge in [-0.3, -0.25) is 4.79 Å². The van der Waals surface area contributed by atoms with Crippen molar-refractivity contribution >= 4 is 33.8 Å². The molecule has 2 aromatic carbocycles. The van der Waals surface area contributed by atoms with Gasteiger partial charge in [-0.15, -0.1) is 11.3 Å². The summed E-state index contributed by atoms with van der Waals surface area (Å²) in [5, 5.41) is 4.84. The lowest BCUT2D eigenvalue weighted by Crippen LogP contribution is -2.35. The summed E-state index contributed by atoms with van der Waals surface area (Å²) in [5.74, 6) is -0.0587. The van der Waals surface area contributed by atoms with Gasteiger partial charge in [-0.25, -0.2) is 0 Å². The SMILES string of the molecule is O=C(NCc1ccc(Cl)cc1)c1cc(-c2ccccc2)c(N2CCOCC2)s1. The molecule has 1 N–H and O–H groups in total. The van der Waals surface area contributed by atoms with Crippen LogP contribution in [0, 0.1) is 0 Å². The zero-order valence-corrected chi connectivity index (χ0v) is 16.9. The molecule has 28 heavy (non-hydrogen) atoms. The van der Waals surface area contributed by atoms with Crippen LogP contribution in [0.5, 0.6) is 0 Å². The van der Waals surface area contributed by atoms with Gasteiger partial charge in [0.1, 0.15) is 0 Å². The van der Waals surface area contributed by atoms with Crippen molar-refractivity contribution in [2.24, 2.45) is 0 Å². The molecule has 1 amide bonds. The lowest BCUT2D eigenvalue weighted by atomic mass is 10.1. The first-order valence-electron chi connectivity index (χ1n) is 9.25. The number of hydrogen-bond acceptors (Lipinski definition) is 4. The Kier molecular flexibility index (Phi) is 5.95. The van der Waals surface area contributed by atoms with Gasteiger partial charge >= 0.3 is 0 Å². The highest BCUT2D eigenvalue weighted by molar-refractivity contribution is 7.18. The summed E-state index contributed by atoms with van der Waals surface area (Å²) >= 11 is 7.47. The summed E-state index contributed by atoms with van der Waals surface area (Å²) in [5.41, 5.74) is 3.24. The molecule has 3 aromatic rings. The topological polar surface area (TPSA) is 41.6 Å². The molecule has 1 aromatic heterocycles. The van der Waals surface area contributed by atoms with E-state index in [1.165, 1.54) is 0 Å². The molecule has 6 heteroatoms. The number of rotatable bonds is 5. The second-order valence-corrected chi connectivity index (χ2v) is 8.07. The number of nitrogens with zero attached hydrogens (tertiary/aromatic N) is 1. The van der Waals surface area contributed by atoms with E-state index < -0.39 is 0 Å². The highest BCUT2D eigenvalue weighted by Gasteiger charge is 2.21. The lowest BCUT2D eigenvalue weighted by molar-refractivity contribution is 0.0955. The third-order valence-corrected chi connectivity index (χ3v) is 6.13. The highest BCUT2D eigenvalue weighted by atomic mass is 35.5. The Bertz CT molecular complexity index is 935. The van der Waals surface area contributed by atoms with Crippen molar-refractivity contribution in [3.8, 4) is 11.1 Å². The summed E-state index contributed by atoms with van der Waals surface area (Å²) in [4.78, 5) is 15.8. The Labute approximate surface area is 173 Å². The van der Waals surface area contributed by atoms with E-state index in [9.17, 15) is 4.79 Å². The standard InChI is InChI=1S/C22H21ClN2O2S/c23-18-8-6-16(7-9-18)15-24-21(26)20-14-19(17-4-2-1-3-5-17)22(28-20)25-10-12-27-13-11-25/h1-9,14H,10-13,15H2,(H,24,26). The maximum Gasteiger partial charge on any atom is 0.261 e. The molecule has 0 saturated carbocycles. The largest absolute Gasteiger partial charge is 0.378 e. The maximum atomic E-state index is 12.8. The molecular weight excluding hydrogens is 392 g/mol. The molecule has 0 atom stereocenters. The van der Waals surface area contributed by atoms with Gasteiger partial charge in [-0.05, 0) is 29.3 Å². The molecule has 1 aliphatic rings. The van der Waals surface area contributed by atoms with E-state index >= 15 is 0 Å². The number of carbonyl (C=O) groups excluding carboxylic acids is 1. The van der Waals surface area contributed by atoms with Crippen LogP contribution < -0.4 is 10.2 Å². The van der Waals surface area contributed by atoms with Crippen molar-refractivity contribution < 1.29 is 9.53 Å². The monoisotopic (exact) mass is 412 g/mol. The molecule has 0 bridgehead atoms. The normalized spacial score (nSPS) is 14.1. The summed E-state index contributed by atoms with van der Waals surface area (Å²) in [6.07, 6.45) is 0. The Morgan fingerprint density at radius 1 is 1.07 bits per heavy atom. The smallest absolute Gasteiger partial charge is 0.261 e. The molecule has 4 rings (SSSR count). The summed E-state index contributed by atoms with van der Waals surface area (Å²) in [6.45, 7) is 3.58. The van der Waals surface area contributed by atoms with Crippen LogP contribution in [0.3, 0.4) is 0 Å². The number of benzene rings is 2. The molecule has 0 aliphatic carbocycles. The summed E-state index contributed by atoms with van der Waals surface area (Å²) in [7, 11) is 0. The number of amides is 1. The van der Waals surface area contributed by atoms with E-state index in [-0.39, 0.29) is 5.91 Å². The van der Waals surface area contributed by atoms with Gasteiger partial charge in [0.05, 0.1) is 23.1 Å². The van der Waals surface area contributed by atoms with Crippen molar-refractivity contribution in [2.45, 2.75) is 6.54 Å². The molecule has 2 heterocycles. The molecule has 144 valence electrons. The van der Waals surface area contributed by atoms with Crippen LogP contribution in [0.2, 0.25) is 5.02 Å². The van der Waals surface area contributed by atoms with Gasteiger partial charge in [0.25, 0.3) is 5.91 Å². The number of ether oxygens (including phenoxy) is 1. The first-order chi connectivity index (χ1) is 13.7. The van der Waals surface area contributed by atoms with Gasteiger partial charge < -0.3 is 15.0 Å². The fraction of sp³-hybridized carbons (Fsp3) is 0.227. The summed E-state index contributed by atoms with van der Waals surface area (Å²) in [6, 6.07) is 19.7. The van der Waals surface area contributed by atoms with E-state index in [1.807, 2.05) is 48.5 Å². The number of thiophene rings is 1. The average Bonchev–Trinajstić information content (AvgIpc) is 3.20. The predicted octanol–water partition coefficient (Wildman–Crippen LogP) is 4.84. The second-order valence-electron chi connectivity index (χ2n) is 6.60. The molecule has 1 aliphatic heterocycles. The maximum absolute atomic E-state index is 12.8. The van der Waals surface area contributed by atoms with Gasteiger partial charge in [-0.1, -0.05) is 54.1 Å². The predicted molar refractivity (Wildman–Crippen MR) is 115 cm³/mol. The van der Waals surface area contributed by atoms with Gasteiger partial charge in [0.2, 0.25) is 0 Å². The zero-order valence-electron chi connectivity index (χ0n) is 15.4. The molecule has 0 unspecified atom stereocenters. The minimum absolute atomic E-state index is 0.0587. The number of carbonyl (C=O) groups is 1. The average molecular weight is 413 g/mol. The fourth-order valence-corrected chi connectivity index (χ4v) is 4.47. The molecular formula is C22H21ClN2O2S. The lowest BCUT2D eigenvalue weighted by Gasteiger charge is -2.28. The van der Waals surface area contributed by atoms with E-state index in [0.29, 0.717) is 29.7 Å². The molecule has 0 radical (unpaired) electrons. The van der Waals surface area contributed by atoms with Crippen LogP contribution >= 0.6 is 22.9 Å². The van der Waals surface area contributed by atoms with Crippen LogP contribution in [0.4, 0.5) is 5.00 Å². The number of morpholine rings is 1. The van der Waals surface area contributed by atoms with E-state index in [0.717, 1.165) is 34.8 Å². The van der Waals surface area contributed by atoms with Crippen LogP contribution in [0.25, 0.3) is 11.1 Å². The minimum Gasteiger partial charge on any atom is -0.378 e. The molecule has 0 spiro atoms. The Morgan fingerprint density at radius 2 is 1.79 bits per heavy atom. The Hall–Kier alpha value is -2.34. The van der Waals surface area contributed by atoms with Crippen LogP contribution in [0.15, 0.2) is 60.7 Å². The van der Waals surface area contributed by atoms with Crippen molar-refractivity contribution in [1.29, 1.82) is 0 Å². The van der Waals surface area contributed by atoms with Crippen LogP contribution in [-0.2, 0) is 11.3 Å². The first-order valence-corrected chi connectivity index (χ1v) is 10.4. The van der Waals surface area contributed by atoms with Crippen LogP contribution in [0.1, 0.15) is 15.2 Å². The third kappa shape index (κ3) is 4.38. The number of halogens is 1. The number of nitrogens with one attached hydrogen (secondary N) is 1. The first kappa shape index (κ1) is 19.0. The third-order valence-electron chi connectivity index (χ3n) is 4.69. The second kappa shape index (κ2) is 8.78. The Morgan fingerprint density at radius 3 is 2.50 bits per heavy atom.